The summed E-state index contributed by atoms with van der Waals surface area (Å²) in [6.07, 6.45) is 2.06. The SMILES string of the molecule is CCCCNc1cc(C(=O)OC)cc(Br)c1O. The van der Waals surface area contributed by atoms with E-state index in [4.69, 9.17) is 0 Å². The molecule has 2 N–H and O–H groups in total. The molecular weight excluding hydrogens is 286 g/mol. The first-order chi connectivity index (χ1) is 8.10. The molecule has 0 fully saturated rings. The lowest BCUT2D eigenvalue weighted by Gasteiger charge is -2.11. The molecule has 0 saturated carbocycles. The standard InChI is InChI=1S/C12H16BrNO3/c1-3-4-5-14-10-7-8(12(16)17-2)6-9(13)11(10)15/h6-7,14-15H,3-5H2,1-2H3. The first-order valence-corrected chi connectivity index (χ1v) is 6.24. The lowest BCUT2D eigenvalue weighted by molar-refractivity contribution is 0.0600. The van der Waals surface area contributed by atoms with E-state index in [1.165, 1.54) is 13.2 Å². The number of nitrogens with one attached hydrogen (secondary N) is 1. The minimum absolute atomic E-state index is 0.105. The Labute approximate surface area is 109 Å². The molecule has 4 nitrogen and oxygen atoms in total. The predicted octanol–water partition coefficient (Wildman–Crippen LogP) is 3.15. The summed E-state index contributed by atoms with van der Waals surface area (Å²) >= 11 is 3.21. The summed E-state index contributed by atoms with van der Waals surface area (Å²) in [5, 5.41) is 12.9. The Hall–Kier alpha value is -1.23. The molecule has 94 valence electrons. The number of esters is 1. The van der Waals surface area contributed by atoms with Crippen molar-refractivity contribution in [3.63, 3.8) is 0 Å². The van der Waals surface area contributed by atoms with Gasteiger partial charge in [-0.1, -0.05) is 13.3 Å². The maximum atomic E-state index is 11.4. The number of halogens is 1. The molecule has 0 aliphatic heterocycles. The highest BCUT2D eigenvalue weighted by atomic mass is 79.9. The molecule has 1 aromatic rings. The summed E-state index contributed by atoms with van der Waals surface area (Å²) < 4.78 is 5.11. The van der Waals surface area contributed by atoms with E-state index >= 15 is 0 Å². The molecular formula is C12H16BrNO3. The van der Waals surface area contributed by atoms with Crippen LogP contribution in [-0.2, 0) is 4.74 Å². The van der Waals surface area contributed by atoms with Crippen LogP contribution >= 0.6 is 15.9 Å². The number of unbranched alkanes of at least 4 members (excludes halogenated alkanes) is 1. The van der Waals surface area contributed by atoms with Gasteiger partial charge in [-0.25, -0.2) is 4.79 Å². The van der Waals surface area contributed by atoms with Gasteiger partial charge in [0.2, 0.25) is 0 Å². The van der Waals surface area contributed by atoms with Crippen LogP contribution in [0.5, 0.6) is 5.75 Å². The van der Waals surface area contributed by atoms with E-state index in [0.717, 1.165) is 19.4 Å². The van der Waals surface area contributed by atoms with Crippen molar-refractivity contribution in [2.24, 2.45) is 0 Å². The molecule has 0 spiro atoms. The van der Waals surface area contributed by atoms with Gasteiger partial charge in [0.1, 0.15) is 0 Å². The molecule has 1 aromatic carbocycles. The van der Waals surface area contributed by atoms with Crippen molar-refractivity contribution in [1.29, 1.82) is 0 Å². The number of phenols is 1. The highest BCUT2D eigenvalue weighted by Gasteiger charge is 2.12. The van der Waals surface area contributed by atoms with Crippen molar-refractivity contribution in [3.8, 4) is 5.75 Å². The van der Waals surface area contributed by atoms with Crippen LogP contribution < -0.4 is 5.32 Å². The van der Waals surface area contributed by atoms with Crippen molar-refractivity contribution in [3.05, 3.63) is 22.2 Å². The largest absolute Gasteiger partial charge is 0.505 e. The number of rotatable bonds is 5. The van der Waals surface area contributed by atoms with Gasteiger partial charge in [-0.3, -0.25) is 0 Å². The first kappa shape index (κ1) is 13.8. The van der Waals surface area contributed by atoms with E-state index in [0.29, 0.717) is 15.7 Å². The fraction of sp³-hybridized carbons (Fsp3) is 0.417. The fourth-order valence-electron chi connectivity index (χ4n) is 1.37. The predicted molar refractivity (Wildman–Crippen MR) is 70.5 cm³/mol. The van der Waals surface area contributed by atoms with Crippen LogP contribution in [-0.4, -0.2) is 24.7 Å². The molecule has 0 saturated heterocycles. The Bertz CT molecular complexity index is 407. The van der Waals surface area contributed by atoms with Crippen LogP contribution in [0.1, 0.15) is 30.1 Å². The van der Waals surface area contributed by atoms with Gasteiger partial charge in [-0.15, -0.1) is 0 Å². The summed E-state index contributed by atoms with van der Waals surface area (Å²) in [5.41, 5.74) is 0.935. The third-order valence-electron chi connectivity index (χ3n) is 2.33. The van der Waals surface area contributed by atoms with Crippen molar-refractivity contribution in [2.75, 3.05) is 19.0 Å². The molecule has 0 radical (unpaired) electrons. The van der Waals surface area contributed by atoms with Gasteiger partial charge in [-0.05, 0) is 34.5 Å². The van der Waals surface area contributed by atoms with Crippen molar-refractivity contribution < 1.29 is 14.6 Å². The third-order valence-corrected chi connectivity index (χ3v) is 2.93. The van der Waals surface area contributed by atoms with Gasteiger partial charge < -0.3 is 15.2 Å². The number of methoxy groups -OCH3 is 1. The second-order valence-electron chi connectivity index (χ2n) is 3.63. The van der Waals surface area contributed by atoms with Crippen LogP contribution in [0.4, 0.5) is 5.69 Å². The highest BCUT2D eigenvalue weighted by Crippen LogP contribution is 2.33. The molecule has 0 unspecified atom stereocenters. The maximum absolute atomic E-state index is 11.4. The second kappa shape index (κ2) is 6.49. The Kier molecular flexibility index (Phi) is 5.28. The van der Waals surface area contributed by atoms with Crippen LogP contribution in [0.25, 0.3) is 0 Å². The summed E-state index contributed by atoms with van der Waals surface area (Å²) in [6, 6.07) is 3.12. The smallest absolute Gasteiger partial charge is 0.337 e. The summed E-state index contributed by atoms with van der Waals surface area (Å²) in [5.74, 6) is -0.321. The molecule has 0 aliphatic carbocycles. The first-order valence-electron chi connectivity index (χ1n) is 5.44. The fourth-order valence-corrected chi connectivity index (χ4v) is 1.83. The van der Waals surface area contributed by atoms with Crippen LogP contribution in [0.2, 0.25) is 0 Å². The number of phenolic OH excluding ortho intramolecular Hbond substituents is 1. The molecule has 1 rings (SSSR count). The van der Waals surface area contributed by atoms with Crippen LogP contribution in [0, 0.1) is 0 Å². The summed E-state index contributed by atoms with van der Waals surface area (Å²) in [4.78, 5) is 11.4. The minimum Gasteiger partial charge on any atom is -0.505 e. The molecule has 0 amide bonds. The normalized spacial score (nSPS) is 10.1. The molecule has 0 atom stereocenters. The number of benzene rings is 1. The quantitative estimate of drug-likeness (QED) is 0.498. The Morgan fingerprint density at radius 3 is 2.82 bits per heavy atom. The van der Waals surface area contributed by atoms with Gasteiger partial charge in [0.05, 0.1) is 22.8 Å². The van der Waals surface area contributed by atoms with E-state index in [-0.39, 0.29) is 5.75 Å². The van der Waals surface area contributed by atoms with Crippen molar-refractivity contribution in [2.45, 2.75) is 19.8 Å². The summed E-state index contributed by atoms with van der Waals surface area (Å²) in [6.45, 7) is 2.84. The number of carbonyl (C=O) groups is 1. The number of hydrogen-bond donors (Lipinski definition) is 2. The van der Waals surface area contributed by atoms with Crippen molar-refractivity contribution >= 4 is 27.6 Å². The number of ether oxygens (including phenoxy) is 1. The number of carbonyl (C=O) groups excluding carboxylic acids is 1. The van der Waals surface area contributed by atoms with Gasteiger partial charge >= 0.3 is 5.97 Å². The lowest BCUT2D eigenvalue weighted by atomic mass is 10.2. The molecule has 0 bridgehead atoms. The molecule has 17 heavy (non-hydrogen) atoms. The number of hydrogen-bond acceptors (Lipinski definition) is 4. The van der Waals surface area contributed by atoms with Gasteiger partial charge in [0.25, 0.3) is 0 Å². The number of aromatic hydroxyl groups is 1. The monoisotopic (exact) mass is 301 g/mol. The van der Waals surface area contributed by atoms with E-state index in [1.807, 2.05) is 0 Å². The minimum atomic E-state index is -0.427. The Morgan fingerprint density at radius 1 is 1.53 bits per heavy atom. The summed E-state index contributed by atoms with van der Waals surface area (Å²) in [7, 11) is 1.33. The third kappa shape index (κ3) is 3.63. The molecule has 0 heterocycles. The highest BCUT2D eigenvalue weighted by molar-refractivity contribution is 9.10. The Morgan fingerprint density at radius 2 is 2.24 bits per heavy atom. The average molecular weight is 302 g/mol. The van der Waals surface area contributed by atoms with Gasteiger partial charge in [-0.2, -0.15) is 0 Å². The molecule has 0 aliphatic rings. The molecule has 0 aromatic heterocycles. The van der Waals surface area contributed by atoms with E-state index in [9.17, 15) is 9.90 Å². The zero-order chi connectivity index (χ0) is 12.8. The maximum Gasteiger partial charge on any atom is 0.337 e. The topological polar surface area (TPSA) is 58.6 Å². The lowest BCUT2D eigenvalue weighted by Crippen LogP contribution is -2.05. The zero-order valence-electron chi connectivity index (χ0n) is 9.92. The van der Waals surface area contributed by atoms with E-state index in [1.54, 1.807) is 6.07 Å². The molecule has 5 heteroatoms. The zero-order valence-corrected chi connectivity index (χ0v) is 11.5. The van der Waals surface area contributed by atoms with E-state index in [2.05, 4.69) is 32.9 Å². The number of anilines is 1. The van der Waals surface area contributed by atoms with Crippen molar-refractivity contribution in [1.82, 2.24) is 0 Å². The second-order valence-corrected chi connectivity index (χ2v) is 4.48. The van der Waals surface area contributed by atoms with Gasteiger partial charge in [0.15, 0.2) is 5.75 Å². The van der Waals surface area contributed by atoms with Crippen LogP contribution in [0.3, 0.4) is 0 Å². The average Bonchev–Trinajstić information content (AvgIpc) is 2.33. The van der Waals surface area contributed by atoms with Gasteiger partial charge in [0, 0.05) is 6.54 Å². The van der Waals surface area contributed by atoms with E-state index < -0.39 is 5.97 Å². The Balaban J connectivity index is 2.94. The van der Waals surface area contributed by atoms with Crippen LogP contribution in [0.15, 0.2) is 16.6 Å².